The number of carbonyl (C=O) groups is 2. The van der Waals surface area contributed by atoms with Gasteiger partial charge >= 0.3 is 12.3 Å². The fourth-order valence-electron chi connectivity index (χ4n) is 3.99. The maximum atomic E-state index is 13.8. The van der Waals surface area contributed by atoms with Gasteiger partial charge in [-0.15, -0.1) is 0 Å². The molecule has 3 rings (SSSR count). The zero-order valence-corrected chi connectivity index (χ0v) is 21.6. The number of alkyl carbamates (subject to hydrolysis) is 1. The fourth-order valence-corrected chi connectivity index (χ4v) is 3.99. The van der Waals surface area contributed by atoms with Crippen molar-refractivity contribution in [3.8, 4) is 6.07 Å². The molecular formula is C25H32F3N7O3. The lowest BCUT2D eigenvalue weighted by atomic mass is 10.0. The number of amides is 2. The molecule has 2 saturated heterocycles. The highest BCUT2D eigenvalue weighted by atomic mass is 19.4. The molecule has 38 heavy (non-hydrogen) atoms. The van der Waals surface area contributed by atoms with Crippen LogP contribution in [0.5, 0.6) is 0 Å². The van der Waals surface area contributed by atoms with Crippen molar-refractivity contribution in [3.05, 3.63) is 29.1 Å². The number of carbonyl (C=O) groups excluding carboxylic acids is 2. The van der Waals surface area contributed by atoms with Gasteiger partial charge in [-0.2, -0.15) is 18.4 Å². The molecule has 0 unspecified atom stereocenters. The Labute approximate surface area is 219 Å². The maximum absolute atomic E-state index is 13.8. The van der Waals surface area contributed by atoms with Crippen LogP contribution < -0.4 is 16.0 Å². The van der Waals surface area contributed by atoms with Crippen LogP contribution in [0.15, 0.2) is 17.3 Å². The van der Waals surface area contributed by atoms with Crippen LogP contribution in [0.4, 0.5) is 23.8 Å². The van der Waals surface area contributed by atoms with Crippen molar-refractivity contribution in [2.75, 3.05) is 37.6 Å². The van der Waals surface area contributed by atoms with Gasteiger partial charge < -0.3 is 25.6 Å². The van der Waals surface area contributed by atoms with Gasteiger partial charge in [-0.1, -0.05) is 0 Å². The molecule has 2 aliphatic heterocycles. The first-order valence-electron chi connectivity index (χ1n) is 12.3. The minimum Gasteiger partial charge on any atom is -0.444 e. The Bertz CT molecular complexity index is 1140. The zero-order valence-electron chi connectivity index (χ0n) is 21.6. The van der Waals surface area contributed by atoms with Crippen LogP contribution in [0.25, 0.3) is 5.57 Å². The number of hydrogen-bond donors (Lipinski definition) is 2. The minimum atomic E-state index is -4.74. The molecule has 1 aromatic rings. The topological polar surface area (TPSA) is 137 Å². The summed E-state index contributed by atoms with van der Waals surface area (Å²) in [7, 11) is 0. The highest BCUT2D eigenvalue weighted by molar-refractivity contribution is 6.09. The van der Waals surface area contributed by atoms with E-state index in [2.05, 4.69) is 15.3 Å². The number of allylic oxidation sites excluding steroid dienone is 1. The predicted molar refractivity (Wildman–Crippen MR) is 135 cm³/mol. The standard InChI is InChI=1S/C25H32F3N7O3/c1-24(2,3)38-23(37)32-15-21(36)34-9-5-17(6-10-34)31-14-16(12-29)20-11-19(25(26,27)28)18(13-30)22(33-20)35-7-4-8-35/h11-12,14,17H,4-10,15,29H2,1-3H3,(H,32,37). The number of pyridine rings is 1. The van der Waals surface area contributed by atoms with Crippen molar-refractivity contribution in [1.82, 2.24) is 15.2 Å². The zero-order chi connectivity index (χ0) is 28.1. The molecule has 206 valence electrons. The first-order chi connectivity index (χ1) is 17.8. The molecule has 0 spiro atoms. The van der Waals surface area contributed by atoms with E-state index in [1.165, 1.54) is 6.21 Å². The molecule has 2 aliphatic rings. The highest BCUT2D eigenvalue weighted by Crippen LogP contribution is 2.37. The molecule has 13 heteroatoms. The number of alkyl halides is 3. The molecule has 2 amide bonds. The van der Waals surface area contributed by atoms with Crippen molar-refractivity contribution in [1.29, 1.82) is 5.26 Å². The smallest absolute Gasteiger partial charge is 0.417 e. The van der Waals surface area contributed by atoms with Crippen LogP contribution >= 0.6 is 0 Å². The maximum Gasteiger partial charge on any atom is 0.417 e. The van der Waals surface area contributed by atoms with Crippen LogP contribution in [0.1, 0.15) is 56.9 Å². The van der Waals surface area contributed by atoms with Gasteiger partial charge in [0.15, 0.2) is 0 Å². The van der Waals surface area contributed by atoms with Gasteiger partial charge in [0.25, 0.3) is 0 Å². The number of rotatable bonds is 6. The van der Waals surface area contributed by atoms with E-state index in [-0.39, 0.29) is 35.6 Å². The Balaban J connectivity index is 1.65. The van der Waals surface area contributed by atoms with Crippen LogP contribution in [-0.2, 0) is 15.7 Å². The van der Waals surface area contributed by atoms with Crippen molar-refractivity contribution >= 4 is 29.6 Å². The van der Waals surface area contributed by atoms with Gasteiger partial charge in [0.1, 0.15) is 29.6 Å². The summed E-state index contributed by atoms with van der Waals surface area (Å²) in [6.45, 7) is 6.84. The van der Waals surface area contributed by atoms with Crippen LogP contribution in [0, 0.1) is 11.3 Å². The summed E-state index contributed by atoms with van der Waals surface area (Å²) in [4.78, 5) is 36.2. The van der Waals surface area contributed by atoms with Crippen LogP contribution in [0.3, 0.4) is 0 Å². The van der Waals surface area contributed by atoms with E-state index >= 15 is 0 Å². The van der Waals surface area contributed by atoms with Gasteiger partial charge in [-0.3, -0.25) is 9.79 Å². The molecule has 0 atom stereocenters. The summed E-state index contributed by atoms with van der Waals surface area (Å²) in [6.07, 6.45) is -1.03. The molecule has 1 aromatic heterocycles. The highest BCUT2D eigenvalue weighted by Gasteiger charge is 2.37. The first-order valence-corrected chi connectivity index (χ1v) is 12.3. The SMILES string of the molecule is CC(C)(C)OC(=O)NCC(=O)N1CCC(N=CC(=CN)c2cc(C(F)(F)F)c(C#N)c(N3CCC3)n2)CC1. The van der Waals surface area contributed by atoms with E-state index < -0.39 is 29.0 Å². The number of hydrogen-bond acceptors (Lipinski definition) is 8. The number of halogens is 3. The Morgan fingerprint density at radius 2 is 1.92 bits per heavy atom. The average Bonchev–Trinajstić information content (AvgIpc) is 2.80. The summed E-state index contributed by atoms with van der Waals surface area (Å²) in [5.74, 6) is -0.260. The summed E-state index contributed by atoms with van der Waals surface area (Å²) < 4.78 is 46.4. The second-order valence-electron chi connectivity index (χ2n) is 10.1. The molecule has 0 aromatic carbocycles. The number of aliphatic imine (C=N–C) groups is 1. The molecular weight excluding hydrogens is 503 g/mol. The van der Waals surface area contributed by atoms with E-state index in [0.29, 0.717) is 39.0 Å². The Morgan fingerprint density at radius 3 is 2.42 bits per heavy atom. The Kier molecular flexibility index (Phi) is 8.85. The molecule has 3 N–H and O–H groups in total. The van der Waals surface area contributed by atoms with E-state index in [9.17, 15) is 28.0 Å². The van der Waals surface area contributed by atoms with Gasteiger partial charge in [0.05, 0.1) is 17.3 Å². The Morgan fingerprint density at radius 1 is 1.26 bits per heavy atom. The summed E-state index contributed by atoms with van der Waals surface area (Å²) >= 11 is 0. The van der Waals surface area contributed by atoms with E-state index in [0.717, 1.165) is 18.7 Å². The third kappa shape index (κ3) is 7.36. The fraction of sp³-hybridized carbons (Fsp3) is 0.560. The van der Waals surface area contributed by atoms with Gasteiger partial charge in [-0.05, 0) is 46.1 Å². The molecule has 3 heterocycles. The number of piperidine rings is 1. The quantitative estimate of drug-likeness (QED) is 0.534. The molecule has 0 radical (unpaired) electrons. The molecule has 0 aliphatic carbocycles. The third-order valence-electron chi connectivity index (χ3n) is 6.07. The number of anilines is 1. The number of nitrogens with zero attached hydrogens (tertiary/aromatic N) is 5. The predicted octanol–water partition coefficient (Wildman–Crippen LogP) is 3.07. The van der Waals surface area contributed by atoms with Crippen molar-refractivity contribution < 1.29 is 27.5 Å². The first kappa shape index (κ1) is 28.7. The summed E-state index contributed by atoms with van der Waals surface area (Å²) in [5.41, 5.74) is 3.66. The lowest BCUT2D eigenvalue weighted by molar-refractivity contribution is -0.137. The lowest BCUT2D eigenvalue weighted by Gasteiger charge is -2.33. The van der Waals surface area contributed by atoms with Crippen molar-refractivity contribution in [2.24, 2.45) is 10.7 Å². The van der Waals surface area contributed by atoms with Crippen LogP contribution in [0.2, 0.25) is 0 Å². The molecule has 0 saturated carbocycles. The number of nitrogens with two attached hydrogens (primary N) is 1. The van der Waals surface area contributed by atoms with E-state index in [1.54, 1.807) is 36.6 Å². The molecule has 2 fully saturated rings. The largest absolute Gasteiger partial charge is 0.444 e. The minimum absolute atomic E-state index is 0.0110. The average molecular weight is 536 g/mol. The van der Waals surface area contributed by atoms with E-state index in [4.69, 9.17) is 10.5 Å². The Hall–Kier alpha value is -3.82. The lowest BCUT2D eigenvalue weighted by Crippen LogP contribution is -2.45. The normalized spacial score (nSPS) is 17.2. The molecule has 0 bridgehead atoms. The number of nitriles is 1. The van der Waals surface area contributed by atoms with Gasteiger partial charge in [0.2, 0.25) is 5.91 Å². The van der Waals surface area contributed by atoms with Crippen molar-refractivity contribution in [2.45, 2.75) is 57.9 Å². The number of likely N-dealkylation sites (tertiary alicyclic amines) is 1. The molecule has 10 nitrogen and oxygen atoms in total. The summed E-state index contributed by atoms with van der Waals surface area (Å²) in [6, 6.07) is 2.30. The summed E-state index contributed by atoms with van der Waals surface area (Å²) in [5, 5.41) is 11.9. The second-order valence-corrected chi connectivity index (χ2v) is 10.1. The third-order valence-corrected chi connectivity index (χ3v) is 6.07. The second kappa shape index (κ2) is 11.7. The number of ether oxygens (including phenoxy) is 1. The van der Waals surface area contributed by atoms with E-state index in [1.807, 2.05) is 0 Å². The van der Waals surface area contributed by atoms with Gasteiger partial charge in [0, 0.05) is 44.2 Å². The van der Waals surface area contributed by atoms with Crippen molar-refractivity contribution in [3.63, 3.8) is 0 Å². The van der Waals surface area contributed by atoms with Crippen LogP contribution in [-0.4, -0.2) is 72.5 Å². The van der Waals surface area contributed by atoms with Gasteiger partial charge in [-0.25, -0.2) is 9.78 Å². The number of nitrogens with one attached hydrogen (secondary N) is 1. The monoisotopic (exact) mass is 535 g/mol. The number of aromatic nitrogens is 1.